The predicted molar refractivity (Wildman–Crippen MR) is 82.3 cm³/mol. The molecule has 0 radical (unpaired) electrons. The van der Waals surface area contributed by atoms with Gasteiger partial charge in [-0.2, -0.15) is 0 Å². The predicted octanol–water partition coefficient (Wildman–Crippen LogP) is 1.45. The summed E-state index contributed by atoms with van der Waals surface area (Å²) in [5, 5.41) is 3.52. The second-order valence-electron chi connectivity index (χ2n) is 5.75. The maximum absolute atomic E-state index is 11.6. The summed E-state index contributed by atoms with van der Waals surface area (Å²) in [5.41, 5.74) is 0. The molecular weight excluding hydrogens is 276 g/mol. The minimum atomic E-state index is -3.03. The monoisotopic (exact) mass is 306 g/mol. The highest BCUT2D eigenvalue weighted by atomic mass is 32.2. The van der Waals surface area contributed by atoms with E-state index < -0.39 is 10.0 Å². The molecule has 1 fully saturated rings. The summed E-state index contributed by atoms with van der Waals surface area (Å²) in [6.45, 7) is 5.24. The fourth-order valence-corrected chi connectivity index (χ4v) is 3.93. The molecule has 0 aliphatic carbocycles. The molecule has 0 saturated carbocycles. The van der Waals surface area contributed by atoms with Crippen molar-refractivity contribution < 1.29 is 13.2 Å². The van der Waals surface area contributed by atoms with Crippen LogP contribution in [0.3, 0.4) is 0 Å². The van der Waals surface area contributed by atoms with Crippen molar-refractivity contribution >= 4 is 10.0 Å². The average molecular weight is 306 g/mol. The molecule has 1 saturated heterocycles. The van der Waals surface area contributed by atoms with Crippen molar-refractivity contribution in [2.45, 2.75) is 45.1 Å². The number of nitrogens with zero attached hydrogens (tertiary/aromatic N) is 1. The Morgan fingerprint density at radius 3 is 2.80 bits per heavy atom. The van der Waals surface area contributed by atoms with Crippen LogP contribution in [-0.2, 0) is 14.8 Å². The first kappa shape index (κ1) is 17.9. The topological polar surface area (TPSA) is 58.6 Å². The van der Waals surface area contributed by atoms with Gasteiger partial charge in [0.1, 0.15) is 0 Å². The molecule has 1 aliphatic heterocycles. The summed E-state index contributed by atoms with van der Waals surface area (Å²) in [4.78, 5) is 0. The van der Waals surface area contributed by atoms with Gasteiger partial charge in [-0.25, -0.2) is 12.7 Å². The summed E-state index contributed by atoms with van der Waals surface area (Å²) in [7, 11) is -1.31. The van der Waals surface area contributed by atoms with Crippen molar-refractivity contribution in [1.29, 1.82) is 0 Å². The fraction of sp³-hybridized carbons (Fsp3) is 1.00. The van der Waals surface area contributed by atoms with Crippen LogP contribution in [0.1, 0.15) is 39.0 Å². The van der Waals surface area contributed by atoms with E-state index in [1.54, 1.807) is 11.4 Å². The number of ether oxygens (including phenoxy) is 1. The van der Waals surface area contributed by atoms with Crippen molar-refractivity contribution in [1.82, 2.24) is 9.62 Å². The van der Waals surface area contributed by atoms with E-state index >= 15 is 0 Å². The van der Waals surface area contributed by atoms with Crippen molar-refractivity contribution in [3.63, 3.8) is 0 Å². The highest BCUT2D eigenvalue weighted by Gasteiger charge is 2.27. The Kier molecular flexibility index (Phi) is 8.02. The third-order valence-electron chi connectivity index (χ3n) is 3.96. The number of piperidine rings is 1. The number of rotatable bonds is 9. The summed E-state index contributed by atoms with van der Waals surface area (Å²) < 4.78 is 30.0. The van der Waals surface area contributed by atoms with Gasteiger partial charge in [0.2, 0.25) is 10.0 Å². The largest absolute Gasteiger partial charge is 0.385 e. The van der Waals surface area contributed by atoms with E-state index in [1.807, 2.05) is 0 Å². The molecule has 1 heterocycles. The van der Waals surface area contributed by atoms with Crippen LogP contribution in [0.15, 0.2) is 0 Å². The third-order valence-corrected chi connectivity index (χ3v) is 5.23. The van der Waals surface area contributed by atoms with Crippen LogP contribution in [-0.4, -0.2) is 58.4 Å². The van der Waals surface area contributed by atoms with E-state index in [9.17, 15) is 8.42 Å². The van der Waals surface area contributed by atoms with Crippen molar-refractivity contribution in [3.8, 4) is 0 Å². The molecule has 2 unspecified atom stereocenters. The smallest absolute Gasteiger partial charge is 0.211 e. The van der Waals surface area contributed by atoms with Crippen LogP contribution in [0.2, 0.25) is 0 Å². The van der Waals surface area contributed by atoms with Gasteiger partial charge < -0.3 is 10.1 Å². The quantitative estimate of drug-likeness (QED) is 0.655. The Balaban J connectivity index is 2.46. The molecule has 0 amide bonds. The zero-order chi connectivity index (χ0) is 15.0. The van der Waals surface area contributed by atoms with Crippen LogP contribution in [0.4, 0.5) is 0 Å². The molecule has 1 rings (SSSR count). The van der Waals surface area contributed by atoms with Crippen molar-refractivity contribution in [3.05, 3.63) is 0 Å². The fourth-order valence-electron chi connectivity index (χ4n) is 2.99. The van der Waals surface area contributed by atoms with Gasteiger partial charge in [0.25, 0.3) is 0 Å². The summed E-state index contributed by atoms with van der Waals surface area (Å²) >= 11 is 0. The number of nitrogens with one attached hydrogen (secondary N) is 1. The summed E-state index contributed by atoms with van der Waals surface area (Å²) in [6, 6.07) is 0.472. The zero-order valence-electron chi connectivity index (χ0n) is 13.1. The first-order chi connectivity index (χ1) is 9.47. The molecular formula is C14H30N2O3S. The summed E-state index contributed by atoms with van der Waals surface area (Å²) in [6.07, 6.45) is 6.64. The third kappa shape index (κ3) is 6.52. The Hall–Kier alpha value is -0.170. The van der Waals surface area contributed by atoms with Crippen LogP contribution in [0, 0.1) is 5.92 Å². The number of sulfonamides is 1. The van der Waals surface area contributed by atoms with Gasteiger partial charge in [-0.15, -0.1) is 0 Å². The maximum atomic E-state index is 11.6. The lowest BCUT2D eigenvalue weighted by atomic mass is 9.90. The van der Waals surface area contributed by atoms with Gasteiger partial charge in [-0.1, -0.05) is 6.92 Å². The van der Waals surface area contributed by atoms with E-state index in [-0.39, 0.29) is 0 Å². The maximum Gasteiger partial charge on any atom is 0.211 e. The lowest BCUT2D eigenvalue weighted by Gasteiger charge is -2.33. The number of methoxy groups -OCH3 is 1. The van der Waals surface area contributed by atoms with Gasteiger partial charge in [-0.05, 0) is 44.6 Å². The molecule has 0 aromatic carbocycles. The van der Waals surface area contributed by atoms with Gasteiger partial charge >= 0.3 is 0 Å². The average Bonchev–Trinajstić information content (AvgIpc) is 2.38. The van der Waals surface area contributed by atoms with Crippen LogP contribution in [0.5, 0.6) is 0 Å². The number of hydrogen-bond donors (Lipinski definition) is 1. The highest BCUT2D eigenvalue weighted by molar-refractivity contribution is 7.88. The zero-order valence-corrected chi connectivity index (χ0v) is 13.9. The van der Waals surface area contributed by atoms with E-state index in [1.165, 1.54) is 6.26 Å². The molecule has 0 spiro atoms. The van der Waals surface area contributed by atoms with E-state index in [0.29, 0.717) is 25.0 Å². The standard InChI is InChI=1S/C14H30N2O3S/c1-4-15-14(8-6-10-19-2)11-13-7-5-9-16(12-13)20(3,17)18/h13-15H,4-12H2,1-3H3. The molecule has 5 nitrogen and oxygen atoms in total. The lowest BCUT2D eigenvalue weighted by molar-refractivity contribution is 0.182. The van der Waals surface area contributed by atoms with E-state index in [0.717, 1.165) is 45.3 Å². The second kappa shape index (κ2) is 8.97. The molecule has 0 aromatic rings. The Bertz CT molecular complexity index is 359. The molecule has 120 valence electrons. The van der Waals surface area contributed by atoms with Crippen LogP contribution < -0.4 is 5.32 Å². The lowest BCUT2D eigenvalue weighted by Crippen LogP contribution is -2.41. The minimum absolute atomic E-state index is 0.472. The van der Waals surface area contributed by atoms with Crippen molar-refractivity contribution in [2.75, 3.05) is 39.6 Å². The molecule has 20 heavy (non-hydrogen) atoms. The summed E-state index contributed by atoms with van der Waals surface area (Å²) in [5.74, 6) is 0.477. The normalized spacial score (nSPS) is 22.9. The van der Waals surface area contributed by atoms with Gasteiger partial charge in [-0.3, -0.25) is 0 Å². The van der Waals surface area contributed by atoms with Crippen LogP contribution in [0.25, 0.3) is 0 Å². The van der Waals surface area contributed by atoms with Gasteiger partial charge in [0.15, 0.2) is 0 Å². The Morgan fingerprint density at radius 1 is 1.45 bits per heavy atom. The van der Waals surface area contributed by atoms with Gasteiger partial charge in [0, 0.05) is 32.8 Å². The Labute approximate surface area is 124 Å². The first-order valence-electron chi connectivity index (χ1n) is 7.64. The molecule has 1 N–H and O–H groups in total. The minimum Gasteiger partial charge on any atom is -0.385 e. The van der Waals surface area contributed by atoms with Crippen molar-refractivity contribution in [2.24, 2.45) is 5.92 Å². The highest BCUT2D eigenvalue weighted by Crippen LogP contribution is 2.23. The molecule has 0 bridgehead atoms. The van der Waals surface area contributed by atoms with Gasteiger partial charge in [0.05, 0.1) is 6.26 Å². The molecule has 1 aliphatic rings. The van der Waals surface area contributed by atoms with E-state index in [2.05, 4.69) is 12.2 Å². The molecule has 6 heteroatoms. The SMILES string of the molecule is CCNC(CCCOC)CC1CCCN(S(C)(=O)=O)C1. The second-order valence-corrected chi connectivity index (χ2v) is 7.74. The first-order valence-corrected chi connectivity index (χ1v) is 9.49. The number of hydrogen-bond acceptors (Lipinski definition) is 4. The van der Waals surface area contributed by atoms with Crippen LogP contribution >= 0.6 is 0 Å². The molecule has 2 atom stereocenters. The molecule has 0 aromatic heterocycles. The Morgan fingerprint density at radius 2 is 2.20 bits per heavy atom. The van der Waals surface area contributed by atoms with E-state index in [4.69, 9.17) is 4.74 Å².